The monoisotopic (exact) mass is 319 g/mol. The molecule has 5 heteroatoms. The van der Waals surface area contributed by atoms with E-state index in [2.05, 4.69) is 27.9 Å². The molecule has 1 saturated carbocycles. The summed E-state index contributed by atoms with van der Waals surface area (Å²) in [5.41, 5.74) is 2.79. The van der Waals surface area contributed by atoms with E-state index in [-0.39, 0.29) is 0 Å². The van der Waals surface area contributed by atoms with E-state index in [1.807, 2.05) is 0 Å². The molecule has 0 N–H and O–H groups in total. The maximum Gasteiger partial charge on any atom is 0.0562 e. The molecule has 1 aliphatic carbocycles. The largest absolute Gasteiger partial charge is 0.381 e. The second-order valence-corrected chi connectivity index (χ2v) is 7.61. The van der Waals surface area contributed by atoms with Gasteiger partial charge in [-0.05, 0) is 37.5 Å². The van der Waals surface area contributed by atoms with Crippen molar-refractivity contribution in [1.82, 2.24) is 14.7 Å². The zero-order valence-corrected chi connectivity index (χ0v) is 14.2. The highest BCUT2D eigenvalue weighted by molar-refractivity contribution is 5.25. The highest BCUT2D eigenvalue weighted by atomic mass is 16.5. The Balaban J connectivity index is 1.39. The molecule has 2 aliphatic heterocycles. The minimum absolute atomic E-state index is 0.463. The third-order valence-corrected chi connectivity index (χ3v) is 5.55. The molecule has 3 heterocycles. The average molecular weight is 319 g/mol. The molecule has 0 bridgehead atoms. The minimum atomic E-state index is 0.463. The standard InChI is InChI=1S/C18H29N3O2/c1-20-18-16(8-19-20)10-21(9-14-4-6-22-7-5-14)11-17(18)13-23-12-15-2-3-15/h8,14-15,17H,2-7,9-13H2,1H3/t17-/m1/s1. The van der Waals surface area contributed by atoms with Crippen LogP contribution >= 0.6 is 0 Å². The Hall–Kier alpha value is -0.910. The zero-order chi connectivity index (χ0) is 15.6. The topological polar surface area (TPSA) is 39.5 Å². The van der Waals surface area contributed by atoms with Gasteiger partial charge in [0.15, 0.2) is 0 Å². The second-order valence-electron chi connectivity index (χ2n) is 7.61. The lowest BCUT2D eigenvalue weighted by molar-refractivity contribution is 0.0427. The first-order valence-corrected chi connectivity index (χ1v) is 9.18. The van der Waals surface area contributed by atoms with Crippen molar-refractivity contribution in [3.05, 3.63) is 17.5 Å². The lowest BCUT2D eigenvalue weighted by Crippen LogP contribution is -2.40. The second kappa shape index (κ2) is 6.91. The predicted octanol–water partition coefficient (Wildman–Crippen LogP) is 2.17. The molecule has 0 unspecified atom stereocenters. The molecule has 3 aliphatic rings. The van der Waals surface area contributed by atoms with Gasteiger partial charge in [-0.15, -0.1) is 0 Å². The Bertz CT molecular complexity index is 520. The molecule has 0 aromatic carbocycles. The van der Waals surface area contributed by atoms with Crippen molar-refractivity contribution < 1.29 is 9.47 Å². The van der Waals surface area contributed by atoms with Crippen LogP contribution in [0.5, 0.6) is 0 Å². The van der Waals surface area contributed by atoms with E-state index < -0.39 is 0 Å². The van der Waals surface area contributed by atoms with Crippen molar-refractivity contribution in [2.75, 3.05) is 39.5 Å². The van der Waals surface area contributed by atoms with Gasteiger partial charge in [0.1, 0.15) is 0 Å². The molecule has 1 aromatic rings. The van der Waals surface area contributed by atoms with Crippen LogP contribution in [0.4, 0.5) is 0 Å². The summed E-state index contributed by atoms with van der Waals surface area (Å²) in [6.45, 7) is 7.00. The Morgan fingerprint density at radius 3 is 2.78 bits per heavy atom. The minimum Gasteiger partial charge on any atom is -0.381 e. The van der Waals surface area contributed by atoms with Crippen LogP contribution < -0.4 is 0 Å². The van der Waals surface area contributed by atoms with Gasteiger partial charge in [-0.25, -0.2) is 0 Å². The number of rotatable bonds is 6. The summed E-state index contributed by atoms with van der Waals surface area (Å²) in [5.74, 6) is 2.09. The maximum atomic E-state index is 6.03. The Kier molecular flexibility index (Phi) is 4.69. The van der Waals surface area contributed by atoms with Gasteiger partial charge < -0.3 is 9.47 Å². The summed E-state index contributed by atoms with van der Waals surface area (Å²) in [4.78, 5) is 2.62. The maximum absolute atomic E-state index is 6.03. The Labute approximate surface area is 138 Å². The van der Waals surface area contributed by atoms with E-state index >= 15 is 0 Å². The fourth-order valence-corrected chi connectivity index (χ4v) is 4.07. The predicted molar refractivity (Wildman–Crippen MR) is 88.3 cm³/mol. The molecule has 5 nitrogen and oxygen atoms in total. The number of fused-ring (bicyclic) bond motifs is 1. The number of hydrogen-bond acceptors (Lipinski definition) is 4. The lowest BCUT2D eigenvalue weighted by atomic mass is 9.94. The highest BCUT2D eigenvalue weighted by Gasteiger charge is 2.31. The molecule has 1 aromatic heterocycles. The van der Waals surface area contributed by atoms with Crippen molar-refractivity contribution in [3.8, 4) is 0 Å². The van der Waals surface area contributed by atoms with Crippen LogP contribution in [0.25, 0.3) is 0 Å². The summed E-state index contributed by atoms with van der Waals surface area (Å²) >= 11 is 0. The third-order valence-electron chi connectivity index (χ3n) is 5.55. The summed E-state index contributed by atoms with van der Waals surface area (Å²) < 4.78 is 13.6. The van der Waals surface area contributed by atoms with Crippen molar-refractivity contribution in [1.29, 1.82) is 0 Å². The van der Waals surface area contributed by atoms with Crippen molar-refractivity contribution in [2.24, 2.45) is 18.9 Å². The quantitative estimate of drug-likeness (QED) is 0.806. The van der Waals surface area contributed by atoms with Gasteiger partial charge in [-0.2, -0.15) is 5.10 Å². The van der Waals surface area contributed by atoms with Gasteiger partial charge in [0.05, 0.1) is 12.8 Å². The van der Waals surface area contributed by atoms with Gasteiger partial charge in [-0.1, -0.05) is 0 Å². The molecule has 1 atom stereocenters. The third kappa shape index (κ3) is 3.78. The van der Waals surface area contributed by atoms with Crippen LogP contribution in [0.1, 0.15) is 42.9 Å². The molecular weight excluding hydrogens is 290 g/mol. The molecule has 4 rings (SSSR count). The van der Waals surface area contributed by atoms with Gasteiger partial charge in [-0.3, -0.25) is 9.58 Å². The normalized spacial score (nSPS) is 26.4. The molecule has 128 valence electrons. The molecule has 2 fully saturated rings. The van der Waals surface area contributed by atoms with E-state index in [0.29, 0.717) is 5.92 Å². The highest BCUT2D eigenvalue weighted by Crippen LogP contribution is 2.32. The number of aryl methyl sites for hydroxylation is 1. The van der Waals surface area contributed by atoms with Crippen molar-refractivity contribution in [3.63, 3.8) is 0 Å². The van der Waals surface area contributed by atoms with Crippen LogP contribution in [0.2, 0.25) is 0 Å². The van der Waals surface area contributed by atoms with E-state index in [0.717, 1.165) is 51.4 Å². The van der Waals surface area contributed by atoms with Crippen LogP contribution in [-0.4, -0.2) is 54.2 Å². The molecule has 23 heavy (non-hydrogen) atoms. The Morgan fingerprint density at radius 1 is 1.17 bits per heavy atom. The first kappa shape index (κ1) is 15.6. The zero-order valence-electron chi connectivity index (χ0n) is 14.2. The summed E-state index contributed by atoms with van der Waals surface area (Å²) in [6.07, 6.45) is 7.19. The van der Waals surface area contributed by atoms with E-state index in [1.165, 1.54) is 43.5 Å². The van der Waals surface area contributed by atoms with Gasteiger partial charge >= 0.3 is 0 Å². The van der Waals surface area contributed by atoms with Crippen LogP contribution in [0.15, 0.2) is 6.20 Å². The number of nitrogens with zero attached hydrogens (tertiary/aromatic N) is 3. The smallest absolute Gasteiger partial charge is 0.0562 e. The first-order chi connectivity index (χ1) is 11.3. The average Bonchev–Trinajstić information content (AvgIpc) is 3.31. The van der Waals surface area contributed by atoms with Gasteiger partial charge in [0.2, 0.25) is 0 Å². The fourth-order valence-electron chi connectivity index (χ4n) is 4.07. The first-order valence-electron chi connectivity index (χ1n) is 9.18. The number of ether oxygens (including phenoxy) is 2. The molecule has 1 saturated heterocycles. The van der Waals surface area contributed by atoms with Crippen LogP contribution in [0, 0.1) is 11.8 Å². The van der Waals surface area contributed by atoms with Gasteiger partial charge in [0, 0.05) is 63.7 Å². The SMILES string of the molecule is Cn1ncc2c1[C@@H](COCC1CC1)CN(CC1CCOCC1)C2. The van der Waals surface area contributed by atoms with Crippen LogP contribution in [-0.2, 0) is 23.1 Å². The van der Waals surface area contributed by atoms with Crippen LogP contribution in [0.3, 0.4) is 0 Å². The molecule has 0 spiro atoms. The summed E-state index contributed by atoms with van der Waals surface area (Å²) in [7, 11) is 2.07. The van der Waals surface area contributed by atoms with E-state index in [1.54, 1.807) is 0 Å². The molecular formula is C18H29N3O2. The molecule has 0 amide bonds. The van der Waals surface area contributed by atoms with Gasteiger partial charge in [0.25, 0.3) is 0 Å². The number of aromatic nitrogens is 2. The van der Waals surface area contributed by atoms with E-state index in [9.17, 15) is 0 Å². The van der Waals surface area contributed by atoms with Crippen molar-refractivity contribution >= 4 is 0 Å². The molecule has 0 radical (unpaired) electrons. The van der Waals surface area contributed by atoms with Crippen molar-refractivity contribution in [2.45, 2.75) is 38.1 Å². The summed E-state index contributed by atoms with van der Waals surface area (Å²) in [6, 6.07) is 0. The number of hydrogen-bond donors (Lipinski definition) is 0. The lowest BCUT2D eigenvalue weighted by Gasteiger charge is -2.36. The fraction of sp³-hybridized carbons (Fsp3) is 0.833. The summed E-state index contributed by atoms with van der Waals surface area (Å²) in [5, 5.41) is 4.50. The Morgan fingerprint density at radius 2 is 2.00 bits per heavy atom. The van der Waals surface area contributed by atoms with E-state index in [4.69, 9.17) is 9.47 Å².